The summed E-state index contributed by atoms with van der Waals surface area (Å²) in [5.41, 5.74) is 2.73. The molecule has 0 radical (unpaired) electrons. The molecule has 156 valence electrons. The zero-order valence-corrected chi connectivity index (χ0v) is 18.2. The quantitative estimate of drug-likeness (QED) is 0.840. The smallest absolute Gasteiger partial charge is 0.253 e. The second kappa shape index (κ2) is 8.97. The van der Waals surface area contributed by atoms with Crippen molar-refractivity contribution in [3.05, 3.63) is 65.2 Å². The molecule has 1 fully saturated rings. The Hall–Kier alpha value is -2.37. The molecule has 29 heavy (non-hydrogen) atoms. The predicted octanol–water partition coefficient (Wildman–Crippen LogP) is 3.60. The van der Waals surface area contributed by atoms with Gasteiger partial charge in [-0.05, 0) is 57.1 Å². The Kier molecular flexibility index (Phi) is 6.60. The maximum Gasteiger partial charge on any atom is 0.253 e. The van der Waals surface area contributed by atoms with E-state index in [0.29, 0.717) is 18.6 Å². The SMILES string of the molecule is CCN(C)C(=O)c1ccccc1[C@H](c1cccc(O)c1)N1C[C@H](C)N(C)C[C@@H]1C. The Balaban J connectivity index is 2.14. The maximum atomic E-state index is 13.1. The largest absolute Gasteiger partial charge is 0.508 e. The van der Waals surface area contributed by atoms with Crippen molar-refractivity contribution in [3.63, 3.8) is 0 Å². The van der Waals surface area contributed by atoms with Crippen molar-refractivity contribution >= 4 is 5.91 Å². The average Bonchev–Trinajstić information content (AvgIpc) is 2.71. The van der Waals surface area contributed by atoms with Gasteiger partial charge in [0, 0.05) is 44.3 Å². The molecule has 0 saturated carbocycles. The minimum Gasteiger partial charge on any atom is -0.508 e. The van der Waals surface area contributed by atoms with Crippen molar-refractivity contribution < 1.29 is 9.90 Å². The Morgan fingerprint density at radius 3 is 2.55 bits per heavy atom. The first-order valence-electron chi connectivity index (χ1n) is 10.4. The van der Waals surface area contributed by atoms with Gasteiger partial charge < -0.3 is 14.9 Å². The first-order valence-corrected chi connectivity index (χ1v) is 10.4. The van der Waals surface area contributed by atoms with E-state index in [9.17, 15) is 9.90 Å². The molecule has 5 nitrogen and oxygen atoms in total. The van der Waals surface area contributed by atoms with Gasteiger partial charge in [0.15, 0.2) is 0 Å². The van der Waals surface area contributed by atoms with Crippen molar-refractivity contribution in [2.24, 2.45) is 0 Å². The second-order valence-corrected chi connectivity index (χ2v) is 8.24. The maximum absolute atomic E-state index is 13.1. The number of phenols is 1. The molecule has 1 N–H and O–H groups in total. The van der Waals surface area contributed by atoms with E-state index in [4.69, 9.17) is 0 Å². The lowest BCUT2D eigenvalue weighted by Crippen LogP contribution is -2.56. The fourth-order valence-corrected chi connectivity index (χ4v) is 4.21. The monoisotopic (exact) mass is 395 g/mol. The van der Waals surface area contributed by atoms with E-state index >= 15 is 0 Å². The molecule has 1 aliphatic heterocycles. The first-order chi connectivity index (χ1) is 13.8. The number of benzene rings is 2. The topological polar surface area (TPSA) is 47.0 Å². The average molecular weight is 396 g/mol. The summed E-state index contributed by atoms with van der Waals surface area (Å²) in [6, 6.07) is 16.0. The minimum absolute atomic E-state index is 0.0306. The highest BCUT2D eigenvalue weighted by atomic mass is 16.3. The van der Waals surface area contributed by atoms with Crippen LogP contribution in [0.1, 0.15) is 48.3 Å². The highest BCUT2D eigenvalue weighted by molar-refractivity contribution is 5.95. The lowest BCUT2D eigenvalue weighted by atomic mass is 9.90. The molecule has 0 aliphatic carbocycles. The Morgan fingerprint density at radius 2 is 1.86 bits per heavy atom. The predicted molar refractivity (Wildman–Crippen MR) is 117 cm³/mol. The van der Waals surface area contributed by atoms with Crippen LogP contribution in [0.4, 0.5) is 0 Å². The zero-order valence-electron chi connectivity index (χ0n) is 18.2. The van der Waals surface area contributed by atoms with E-state index in [2.05, 4.69) is 36.8 Å². The summed E-state index contributed by atoms with van der Waals surface area (Å²) in [6.07, 6.45) is 0. The molecule has 0 bridgehead atoms. The molecule has 5 heteroatoms. The molecule has 1 heterocycles. The summed E-state index contributed by atoms with van der Waals surface area (Å²) >= 11 is 0. The molecule has 2 aromatic rings. The summed E-state index contributed by atoms with van der Waals surface area (Å²) in [7, 11) is 4.00. The van der Waals surface area contributed by atoms with Gasteiger partial charge in [-0.2, -0.15) is 0 Å². The van der Waals surface area contributed by atoms with Crippen LogP contribution in [0.2, 0.25) is 0 Å². The van der Waals surface area contributed by atoms with Crippen molar-refractivity contribution in [2.45, 2.75) is 38.9 Å². The van der Waals surface area contributed by atoms with Crippen LogP contribution in [-0.2, 0) is 0 Å². The van der Waals surface area contributed by atoms with E-state index in [0.717, 1.165) is 29.8 Å². The van der Waals surface area contributed by atoms with Gasteiger partial charge in [-0.1, -0.05) is 30.3 Å². The molecule has 0 spiro atoms. The minimum atomic E-state index is -0.0985. The molecule has 1 saturated heterocycles. The number of hydrogen-bond donors (Lipinski definition) is 1. The number of aromatic hydroxyl groups is 1. The molecule has 2 aromatic carbocycles. The Bertz CT molecular complexity index is 854. The number of likely N-dealkylation sites (N-methyl/N-ethyl adjacent to an activating group) is 1. The fourth-order valence-electron chi connectivity index (χ4n) is 4.21. The summed E-state index contributed by atoms with van der Waals surface area (Å²) < 4.78 is 0. The lowest BCUT2D eigenvalue weighted by Gasteiger charge is -2.46. The van der Waals surface area contributed by atoms with Crippen molar-refractivity contribution in [3.8, 4) is 5.75 Å². The van der Waals surface area contributed by atoms with Gasteiger partial charge in [0.1, 0.15) is 5.75 Å². The van der Waals surface area contributed by atoms with E-state index < -0.39 is 0 Å². The number of rotatable bonds is 5. The van der Waals surface area contributed by atoms with Gasteiger partial charge in [-0.3, -0.25) is 9.69 Å². The molecule has 0 unspecified atom stereocenters. The number of carbonyl (C=O) groups is 1. The van der Waals surface area contributed by atoms with Crippen molar-refractivity contribution in [1.29, 1.82) is 0 Å². The van der Waals surface area contributed by atoms with Crippen molar-refractivity contribution in [1.82, 2.24) is 14.7 Å². The van der Waals surface area contributed by atoms with Crippen molar-refractivity contribution in [2.75, 3.05) is 33.7 Å². The fraction of sp³-hybridized carbons (Fsp3) is 0.458. The highest BCUT2D eigenvalue weighted by Gasteiger charge is 2.35. The van der Waals surface area contributed by atoms with E-state index in [-0.39, 0.29) is 17.7 Å². The summed E-state index contributed by atoms with van der Waals surface area (Å²) in [4.78, 5) is 19.7. The number of piperazine rings is 1. The third-order valence-corrected chi connectivity index (χ3v) is 6.17. The van der Waals surface area contributed by atoms with Gasteiger partial charge in [0.05, 0.1) is 6.04 Å². The zero-order chi connectivity index (χ0) is 21.1. The molecular formula is C24H33N3O2. The number of carbonyl (C=O) groups excluding carboxylic acids is 1. The van der Waals surface area contributed by atoms with Crippen LogP contribution < -0.4 is 0 Å². The van der Waals surface area contributed by atoms with Crippen LogP contribution in [0, 0.1) is 0 Å². The van der Waals surface area contributed by atoms with Gasteiger partial charge in [0.2, 0.25) is 0 Å². The number of nitrogens with zero attached hydrogens (tertiary/aromatic N) is 3. The summed E-state index contributed by atoms with van der Waals surface area (Å²) in [5.74, 6) is 0.278. The van der Waals surface area contributed by atoms with Crippen LogP contribution in [-0.4, -0.2) is 71.5 Å². The standard InChI is InChI=1S/C24H33N3O2/c1-6-25(4)24(29)22-13-8-7-12-21(22)23(19-10-9-11-20(28)14-19)27-16-17(2)26(5)15-18(27)3/h7-14,17-18,23,28H,6,15-16H2,1-5H3/t17-,18-,23-/m0/s1. The number of phenolic OH excluding ortho intramolecular Hbond substituents is 1. The summed E-state index contributed by atoms with van der Waals surface area (Å²) in [6.45, 7) is 8.97. The number of hydrogen-bond acceptors (Lipinski definition) is 4. The summed E-state index contributed by atoms with van der Waals surface area (Å²) in [5, 5.41) is 10.2. The van der Waals surface area contributed by atoms with Gasteiger partial charge in [0.25, 0.3) is 5.91 Å². The van der Waals surface area contributed by atoms with E-state index in [1.54, 1.807) is 11.0 Å². The molecule has 1 aliphatic rings. The lowest BCUT2D eigenvalue weighted by molar-refractivity contribution is 0.0384. The number of amides is 1. The van der Waals surface area contributed by atoms with Gasteiger partial charge in [-0.25, -0.2) is 0 Å². The van der Waals surface area contributed by atoms with E-state index in [1.807, 2.05) is 50.4 Å². The normalized spacial score (nSPS) is 21.7. The molecule has 3 rings (SSSR count). The van der Waals surface area contributed by atoms with Gasteiger partial charge >= 0.3 is 0 Å². The first kappa shape index (κ1) is 21.3. The van der Waals surface area contributed by atoms with Crippen LogP contribution in [0.3, 0.4) is 0 Å². The third-order valence-electron chi connectivity index (χ3n) is 6.17. The molecule has 1 amide bonds. The van der Waals surface area contributed by atoms with E-state index in [1.165, 1.54) is 0 Å². The third kappa shape index (κ3) is 4.46. The van der Waals surface area contributed by atoms with Gasteiger partial charge in [-0.15, -0.1) is 0 Å². The molecule has 3 atom stereocenters. The van der Waals surface area contributed by atoms with Crippen LogP contribution in [0.15, 0.2) is 48.5 Å². The molecular weight excluding hydrogens is 362 g/mol. The Labute approximate surface area is 174 Å². The Morgan fingerprint density at radius 1 is 1.14 bits per heavy atom. The molecule has 0 aromatic heterocycles. The second-order valence-electron chi connectivity index (χ2n) is 8.24. The van der Waals surface area contributed by atoms with Crippen LogP contribution in [0.25, 0.3) is 0 Å². The van der Waals surface area contributed by atoms with Crippen LogP contribution >= 0.6 is 0 Å². The van der Waals surface area contributed by atoms with Crippen LogP contribution in [0.5, 0.6) is 5.75 Å². The highest BCUT2D eigenvalue weighted by Crippen LogP contribution is 2.36.